The van der Waals surface area contributed by atoms with Gasteiger partial charge in [0.2, 0.25) is 17.7 Å². The van der Waals surface area contributed by atoms with Crippen molar-refractivity contribution < 1.29 is 207 Å². The lowest BCUT2D eigenvalue weighted by molar-refractivity contribution is -0.397. The van der Waals surface area contributed by atoms with Crippen LogP contribution in [0.3, 0.4) is 0 Å². The van der Waals surface area contributed by atoms with Gasteiger partial charge < -0.3 is 209 Å². The highest BCUT2D eigenvalue weighted by Gasteiger charge is 2.61. The molecule has 0 saturated carbocycles. The van der Waals surface area contributed by atoms with Crippen molar-refractivity contribution in [2.75, 3.05) is 33.0 Å². The lowest BCUT2D eigenvalue weighted by atomic mass is 9.93. The van der Waals surface area contributed by atoms with E-state index >= 15 is 0 Å². The van der Waals surface area contributed by atoms with E-state index in [1.807, 2.05) is 0 Å². The summed E-state index contributed by atoms with van der Waals surface area (Å²) in [5, 5.41) is 251. The topological polar surface area (TPSA) is 689 Å². The van der Waals surface area contributed by atoms with Gasteiger partial charge in [-0.25, -0.2) is 0 Å². The van der Waals surface area contributed by atoms with E-state index in [0.717, 1.165) is 20.8 Å². The van der Waals surface area contributed by atoms with E-state index in [1.54, 1.807) is 0 Å². The van der Waals surface area contributed by atoms with Crippen molar-refractivity contribution in [1.82, 2.24) is 16.0 Å². The van der Waals surface area contributed by atoms with Gasteiger partial charge in [-0.2, -0.15) is 0 Å². The zero-order valence-electron chi connectivity index (χ0n) is 57.5. The Morgan fingerprint density at radius 2 is 0.552 bits per heavy atom. The van der Waals surface area contributed by atoms with E-state index in [1.165, 1.54) is 27.7 Å². The summed E-state index contributed by atoms with van der Waals surface area (Å²) in [6.07, 6.45) is -81.1. The van der Waals surface area contributed by atoms with Gasteiger partial charge in [0.25, 0.3) is 0 Å². The summed E-state index contributed by atoms with van der Waals surface area (Å²) >= 11 is 0. The molecule has 9 saturated heterocycles. The summed E-state index contributed by atoms with van der Waals surface area (Å²) < 4.78 is 103. The van der Waals surface area contributed by atoms with Crippen molar-refractivity contribution in [1.29, 1.82) is 0 Å². The van der Waals surface area contributed by atoms with Gasteiger partial charge in [-0.1, -0.05) is 0 Å². The fraction of sp³-hybridized carbons (Fsp3) is 0.950. The molecule has 9 heterocycles. The minimum absolute atomic E-state index is 0.913. The second-order valence-electron chi connectivity index (χ2n) is 27.4. The molecule has 0 aliphatic carbocycles. The molecule has 45 atom stereocenters. The number of aliphatic hydroxyl groups is 22. The summed E-state index contributed by atoms with van der Waals surface area (Å²) in [4.78, 5) is 40.0. The van der Waals surface area contributed by atoms with Gasteiger partial charge in [-0.15, -0.1) is 0 Å². The molecule has 9 rings (SSSR count). The second-order valence-corrected chi connectivity index (χ2v) is 27.4. The molecule has 1 unspecified atom stereocenters. The largest absolute Gasteiger partial charge is 0.394 e. The molecule has 608 valence electrons. The maximum absolute atomic E-state index is 13.5. The number of nitrogens with one attached hydrogen (secondary N) is 3. The Bertz CT molecular complexity index is 2770. The molecule has 3 amide bonds. The first-order valence-corrected chi connectivity index (χ1v) is 34.1. The Kier molecular flexibility index (Phi) is 29.9. The first-order chi connectivity index (χ1) is 49.5. The van der Waals surface area contributed by atoms with Crippen LogP contribution in [0.25, 0.3) is 0 Å². The predicted molar refractivity (Wildman–Crippen MR) is 326 cm³/mol. The molecule has 9 aliphatic heterocycles. The van der Waals surface area contributed by atoms with Crippen LogP contribution in [0.5, 0.6) is 0 Å². The van der Waals surface area contributed by atoms with Gasteiger partial charge in [0.1, 0.15) is 195 Å². The van der Waals surface area contributed by atoms with E-state index in [2.05, 4.69) is 16.0 Å². The number of carbonyl (C=O) groups is 3. The molecule has 0 aromatic carbocycles. The monoisotopic (exact) mass is 1540 g/mol. The third kappa shape index (κ3) is 18.7. The van der Waals surface area contributed by atoms with Gasteiger partial charge in [0, 0.05) is 20.8 Å². The molecule has 0 spiro atoms. The van der Waals surface area contributed by atoms with Crippen molar-refractivity contribution in [3.8, 4) is 0 Å². The van der Waals surface area contributed by atoms with Gasteiger partial charge in [-0.05, 0) is 27.7 Å². The lowest BCUT2D eigenvalue weighted by Gasteiger charge is -2.52. The number of rotatable bonds is 24. The minimum Gasteiger partial charge on any atom is -0.394 e. The fourth-order valence-electron chi connectivity index (χ4n) is 13.8. The van der Waals surface area contributed by atoms with Crippen molar-refractivity contribution in [2.24, 2.45) is 0 Å². The fourth-order valence-corrected chi connectivity index (χ4v) is 13.8. The van der Waals surface area contributed by atoms with E-state index < -0.39 is 327 Å². The SMILES string of the molecule is CC(=O)N[C@H]1[C@H](OC[C@H]2OC(O)[C@H](NC(C)=O)[C@@H](O[C@@H]3O[C@H](CO)[C@@H](O[C@@H]4O[C@H](CO)[C@H](O)[C@H](O)[C@H]4O[C@@H]4O[C@@H](C)[C@@H](O)[C@@H](O)[C@@H]4O)[C@H](O[C@@H]4O[C@@H](C)[C@@H](O)[C@@H](O)[C@@H]4O)[C@H]3NC(C)=O)[C@H]2O)O[C@H](CO)[C@@H](O[C@@H]2O[C@H](CO)[C@H](O)[C@H](O)[C@H]2O[C@@H]2O[C@@H](C)[C@@H](O)[C@@H](O)[C@@H]2O)[C@@H]1O[C@@H]1O[C@@H](C)[C@@H](O)[C@@H](O)[C@@H]1O. The number of aliphatic hydroxyl groups excluding tert-OH is 22. The van der Waals surface area contributed by atoms with E-state index in [0.29, 0.717) is 0 Å². The third-order valence-corrected chi connectivity index (χ3v) is 19.8. The van der Waals surface area contributed by atoms with Gasteiger partial charge in [-0.3, -0.25) is 14.4 Å². The average Bonchev–Trinajstić information content (AvgIpc) is 0.763. The molecular formula is C60H101N3O42. The van der Waals surface area contributed by atoms with Crippen LogP contribution in [-0.2, 0) is 94.9 Å². The highest BCUT2D eigenvalue weighted by Crippen LogP contribution is 2.41. The summed E-state index contributed by atoms with van der Waals surface area (Å²) in [6, 6.07) is -5.75. The summed E-state index contributed by atoms with van der Waals surface area (Å²) in [7, 11) is 0. The highest BCUT2D eigenvalue weighted by molar-refractivity contribution is 5.74. The van der Waals surface area contributed by atoms with Crippen LogP contribution in [0.1, 0.15) is 48.5 Å². The molecule has 0 aromatic rings. The zero-order chi connectivity index (χ0) is 77.4. The normalized spacial score (nSPS) is 51.5. The molecule has 0 bridgehead atoms. The van der Waals surface area contributed by atoms with Crippen LogP contribution >= 0.6 is 0 Å². The summed E-state index contributed by atoms with van der Waals surface area (Å²) in [5.74, 6) is -2.80. The van der Waals surface area contributed by atoms with Crippen LogP contribution in [-0.4, -0.2) is 439 Å². The van der Waals surface area contributed by atoms with E-state index in [4.69, 9.17) is 80.5 Å². The van der Waals surface area contributed by atoms with Crippen LogP contribution in [0, 0.1) is 0 Å². The molecule has 45 nitrogen and oxygen atoms in total. The zero-order valence-corrected chi connectivity index (χ0v) is 57.5. The Morgan fingerprint density at radius 3 is 0.886 bits per heavy atom. The maximum atomic E-state index is 13.5. The van der Waals surface area contributed by atoms with Crippen LogP contribution in [0.15, 0.2) is 0 Å². The molecule has 9 aliphatic rings. The van der Waals surface area contributed by atoms with Crippen LogP contribution in [0.2, 0.25) is 0 Å². The van der Waals surface area contributed by atoms with Gasteiger partial charge in [0.05, 0.1) is 57.5 Å². The van der Waals surface area contributed by atoms with Gasteiger partial charge in [0.15, 0.2) is 56.6 Å². The Hall–Kier alpha value is -3.15. The predicted octanol–water partition coefficient (Wildman–Crippen LogP) is -16.1. The van der Waals surface area contributed by atoms with Crippen molar-refractivity contribution in [3.05, 3.63) is 0 Å². The Labute approximate surface area is 597 Å². The molecule has 105 heavy (non-hydrogen) atoms. The number of ether oxygens (including phenoxy) is 17. The quantitative estimate of drug-likeness (QED) is 0.0427. The standard InChI is InChI=1S/C60H101N3O42/c1-13-28(71)35(78)41(84)55(90-13)102-48-26(62-18(6)69)53(97-22(10-66)45(48)99-59-50(39(82)32(75)20(8-64)95-59)104-57-43(86)37(80)30(73)15(3)92-57)89-12-24-34(77)47(25(52(88)94-24)61-17(5)68)101-54-27(63-19(7)70)49(103-56-42(85)36(79)29(72)14(2)91-56)46(23(11-67)98-54)100-60-51(40(83)33(76)21(9-65)96-60)105-58-44(87)38(81)31(74)16(4)93-58/h13-16,20-60,64-67,71-88H,8-12H2,1-7H3,(H,61,68)(H,62,69)(H,63,70)/t13-,14-,15-,16-,20+,21+,22+,23+,24+,25+,26+,27+,28+,29+,30+,31+,32-,33-,34-,35+,36+,37+,38+,39-,40-,41-,42-,43-,44-,45+,46+,47+,48+,49+,50+,51+,52?,53+,54-,55-,56-,57-,58-,59-,60-/m0/s1. The number of amides is 3. The smallest absolute Gasteiger partial charge is 0.217 e. The van der Waals surface area contributed by atoms with Crippen molar-refractivity contribution in [2.45, 2.75) is 325 Å². The summed E-state index contributed by atoms with van der Waals surface area (Å²) in [6.45, 7) is 2.57. The first-order valence-electron chi connectivity index (χ1n) is 34.1. The Balaban J connectivity index is 1.05. The molecule has 0 aromatic heterocycles. The third-order valence-electron chi connectivity index (χ3n) is 19.8. The number of carbonyl (C=O) groups excluding carboxylic acids is 3. The molecule has 25 N–H and O–H groups in total. The van der Waals surface area contributed by atoms with Crippen LogP contribution in [0.4, 0.5) is 0 Å². The van der Waals surface area contributed by atoms with Crippen molar-refractivity contribution in [3.63, 3.8) is 0 Å². The molecule has 9 fully saturated rings. The molecule has 0 radical (unpaired) electrons. The van der Waals surface area contributed by atoms with E-state index in [-0.39, 0.29) is 0 Å². The number of hydrogen-bond donors (Lipinski definition) is 25. The molecular weight excluding hydrogens is 1430 g/mol. The van der Waals surface area contributed by atoms with Crippen LogP contribution < -0.4 is 16.0 Å². The minimum atomic E-state index is -2.28. The van der Waals surface area contributed by atoms with Crippen molar-refractivity contribution >= 4 is 17.7 Å². The average molecular weight is 1540 g/mol. The highest BCUT2D eigenvalue weighted by atomic mass is 16.8. The summed E-state index contributed by atoms with van der Waals surface area (Å²) in [5.41, 5.74) is 0. The van der Waals surface area contributed by atoms with Gasteiger partial charge >= 0.3 is 0 Å². The maximum Gasteiger partial charge on any atom is 0.217 e. The lowest BCUT2D eigenvalue weighted by Crippen LogP contribution is -2.72. The molecule has 45 heteroatoms. The van der Waals surface area contributed by atoms with E-state index in [9.17, 15) is 127 Å². The Morgan fingerprint density at radius 1 is 0.267 bits per heavy atom. The second kappa shape index (κ2) is 36.6. The first kappa shape index (κ1) is 85.8. The number of hydrogen-bond acceptors (Lipinski definition) is 42.